The lowest BCUT2D eigenvalue weighted by atomic mass is 9.82. The van der Waals surface area contributed by atoms with Gasteiger partial charge in [0.1, 0.15) is 5.75 Å². The summed E-state index contributed by atoms with van der Waals surface area (Å²) in [5.74, 6) is 1.69. The number of ether oxygens (including phenoxy) is 1. The highest BCUT2D eigenvalue weighted by atomic mass is 16.5. The molecule has 0 fully saturated rings. The molecule has 0 amide bonds. The van der Waals surface area contributed by atoms with Crippen LogP contribution in [0.3, 0.4) is 0 Å². The summed E-state index contributed by atoms with van der Waals surface area (Å²) in [5, 5.41) is 0. The molecule has 2 rings (SSSR count). The molecule has 0 saturated heterocycles. The third-order valence-electron chi connectivity index (χ3n) is 3.76. The molecular weight excluding hydrogens is 234 g/mol. The van der Waals surface area contributed by atoms with Crippen LogP contribution in [-0.2, 0) is 6.42 Å². The van der Waals surface area contributed by atoms with Crippen molar-refractivity contribution in [2.45, 2.75) is 53.0 Å². The Morgan fingerprint density at radius 3 is 2.74 bits per heavy atom. The molecule has 1 aromatic rings. The molecule has 19 heavy (non-hydrogen) atoms. The minimum atomic E-state index is 0.0883. The maximum atomic E-state index is 6.41. The Morgan fingerprint density at radius 1 is 1.32 bits per heavy atom. The molecule has 1 heterocycles. The highest BCUT2D eigenvalue weighted by molar-refractivity contribution is 5.45. The SMILES string of the molecule is CC(CC(N)c1cccc2c1OCC2)CC(C)(C)C. The first-order valence-corrected chi connectivity index (χ1v) is 7.37. The smallest absolute Gasteiger partial charge is 0.127 e. The lowest BCUT2D eigenvalue weighted by Crippen LogP contribution is -2.18. The molecular formula is C17H27NO. The van der Waals surface area contributed by atoms with E-state index in [2.05, 4.69) is 45.9 Å². The van der Waals surface area contributed by atoms with Gasteiger partial charge >= 0.3 is 0 Å². The zero-order valence-electron chi connectivity index (χ0n) is 12.7. The van der Waals surface area contributed by atoms with Crippen molar-refractivity contribution in [1.29, 1.82) is 0 Å². The largest absolute Gasteiger partial charge is 0.493 e. The number of fused-ring (bicyclic) bond motifs is 1. The molecule has 1 aliphatic rings. The van der Waals surface area contributed by atoms with Gasteiger partial charge in [-0.15, -0.1) is 0 Å². The third kappa shape index (κ3) is 3.73. The van der Waals surface area contributed by atoms with Crippen molar-refractivity contribution in [3.63, 3.8) is 0 Å². The van der Waals surface area contributed by atoms with Crippen molar-refractivity contribution in [2.75, 3.05) is 6.61 Å². The molecule has 2 heteroatoms. The van der Waals surface area contributed by atoms with Crippen LogP contribution in [-0.4, -0.2) is 6.61 Å². The topological polar surface area (TPSA) is 35.2 Å². The lowest BCUT2D eigenvalue weighted by molar-refractivity contribution is 0.284. The van der Waals surface area contributed by atoms with Crippen molar-refractivity contribution < 1.29 is 4.74 Å². The first-order valence-electron chi connectivity index (χ1n) is 7.37. The molecule has 0 aliphatic carbocycles. The van der Waals surface area contributed by atoms with Gasteiger partial charge in [0.25, 0.3) is 0 Å². The molecule has 0 bridgehead atoms. The Balaban J connectivity index is 2.04. The molecule has 1 aliphatic heterocycles. The van der Waals surface area contributed by atoms with Crippen molar-refractivity contribution >= 4 is 0 Å². The van der Waals surface area contributed by atoms with Crippen LogP contribution < -0.4 is 10.5 Å². The van der Waals surface area contributed by atoms with E-state index >= 15 is 0 Å². The summed E-state index contributed by atoms with van der Waals surface area (Å²) in [5.41, 5.74) is 9.28. The van der Waals surface area contributed by atoms with E-state index in [4.69, 9.17) is 10.5 Å². The summed E-state index contributed by atoms with van der Waals surface area (Å²) in [6.07, 6.45) is 3.25. The highest BCUT2D eigenvalue weighted by Crippen LogP contribution is 2.36. The first kappa shape index (κ1) is 14.4. The molecule has 0 aromatic heterocycles. The molecule has 0 saturated carbocycles. The van der Waals surface area contributed by atoms with Crippen molar-refractivity contribution in [3.05, 3.63) is 29.3 Å². The van der Waals surface area contributed by atoms with Crippen LogP contribution in [0, 0.1) is 11.3 Å². The predicted molar refractivity (Wildman–Crippen MR) is 80.4 cm³/mol. The van der Waals surface area contributed by atoms with E-state index in [1.54, 1.807) is 0 Å². The van der Waals surface area contributed by atoms with Gasteiger partial charge in [-0.1, -0.05) is 45.9 Å². The standard InChI is InChI=1S/C17H27NO/c1-12(11-17(2,3)4)10-15(18)14-7-5-6-13-8-9-19-16(13)14/h5-7,12,15H,8-11,18H2,1-4H3. The van der Waals surface area contributed by atoms with Gasteiger partial charge < -0.3 is 10.5 Å². The van der Waals surface area contributed by atoms with Crippen LogP contribution in [0.1, 0.15) is 57.7 Å². The van der Waals surface area contributed by atoms with E-state index in [1.165, 1.54) is 17.5 Å². The Labute approximate surface area is 117 Å². The van der Waals surface area contributed by atoms with Crippen LogP contribution in [0.4, 0.5) is 0 Å². The van der Waals surface area contributed by atoms with Crippen molar-refractivity contribution in [1.82, 2.24) is 0 Å². The van der Waals surface area contributed by atoms with Crippen molar-refractivity contribution in [3.8, 4) is 5.75 Å². The second-order valence-corrected chi connectivity index (χ2v) is 7.15. The maximum absolute atomic E-state index is 6.41. The van der Waals surface area contributed by atoms with E-state index in [-0.39, 0.29) is 6.04 Å². The number of para-hydroxylation sites is 1. The van der Waals surface area contributed by atoms with E-state index in [0.717, 1.165) is 25.2 Å². The first-order chi connectivity index (χ1) is 8.87. The van der Waals surface area contributed by atoms with Crippen LogP contribution in [0.15, 0.2) is 18.2 Å². The number of nitrogens with two attached hydrogens (primary N) is 1. The highest BCUT2D eigenvalue weighted by Gasteiger charge is 2.23. The van der Waals surface area contributed by atoms with Crippen LogP contribution in [0.25, 0.3) is 0 Å². The minimum Gasteiger partial charge on any atom is -0.493 e. The monoisotopic (exact) mass is 261 g/mol. The van der Waals surface area contributed by atoms with Gasteiger partial charge in [0.15, 0.2) is 0 Å². The van der Waals surface area contributed by atoms with Crippen molar-refractivity contribution in [2.24, 2.45) is 17.1 Å². The van der Waals surface area contributed by atoms with Gasteiger partial charge in [-0.05, 0) is 29.7 Å². The predicted octanol–water partition coefficient (Wildman–Crippen LogP) is 4.08. The molecule has 0 radical (unpaired) electrons. The minimum absolute atomic E-state index is 0.0883. The van der Waals surface area contributed by atoms with E-state index in [9.17, 15) is 0 Å². The lowest BCUT2D eigenvalue weighted by Gasteiger charge is -2.26. The van der Waals surface area contributed by atoms with Gasteiger partial charge in [0.05, 0.1) is 6.61 Å². The fourth-order valence-corrected chi connectivity index (χ4v) is 3.22. The second-order valence-electron chi connectivity index (χ2n) is 7.15. The molecule has 2 atom stereocenters. The summed E-state index contributed by atoms with van der Waals surface area (Å²) in [6.45, 7) is 9.97. The number of rotatable bonds is 4. The van der Waals surface area contributed by atoms with E-state index in [1.807, 2.05) is 0 Å². The normalized spacial score (nSPS) is 17.7. The van der Waals surface area contributed by atoms with Gasteiger partial charge in [0, 0.05) is 18.0 Å². The zero-order valence-corrected chi connectivity index (χ0v) is 12.7. The Kier molecular flexibility index (Phi) is 4.19. The number of hydrogen-bond acceptors (Lipinski definition) is 2. The summed E-state index contributed by atoms with van der Waals surface area (Å²) < 4.78 is 5.75. The van der Waals surface area contributed by atoms with E-state index < -0.39 is 0 Å². The second kappa shape index (κ2) is 5.54. The van der Waals surface area contributed by atoms with Gasteiger partial charge in [-0.25, -0.2) is 0 Å². The Hall–Kier alpha value is -1.02. The Morgan fingerprint density at radius 2 is 2.05 bits per heavy atom. The van der Waals surface area contributed by atoms with Crippen LogP contribution >= 0.6 is 0 Å². The molecule has 1 aromatic carbocycles. The number of benzene rings is 1. The fourth-order valence-electron chi connectivity index (χ4n) is 3.22. The summed E-state index contributed by atoms with van der Waals surface area (Å²) in [7, 11) is 0. The number of hydrogen-bond donors (Lipinski definition) is 1. The third-order valence-corrected chi connectivity index (χ3v) is 3.76. The fraction of sp³-hybridized carbons (Fsp3) is 0.647. The van der Waals surface area contributed by atoms with Gasteiger partial charge in [0.2, 0.25) is 0 Å². The van der Waals surface area contributed by atoms with Crippen LogP contribution in [0.5, 0.6) is 5.75 Å². The zero-order chi connectivity index (χ0) is 14.0. The molecule has 2 unspecified atom stereocenters. The summed E-state index contributed by atoms with van der Waals surface area (Å²) in [6, 6.07) is 6.47. The molecule has 2 N–H and O–H groups in total. The molecule has 0 spiro atoms. The molecule has 2 nitrogen and oxygen atoms in total. The maximum Gasteiger partial charge on any atom is 0.127 e. The molecule has 106 valence electrons. The van der Waals surface area contributed by atoms with Gasteiger partial charge in [-0.2, -0.15) is 0 Å². The van der Waals surface area contributed by atoms with Gasteiger partial charge in [-0.3, -0.25) is 0 Å². The average molecular weight is 261 g/mol. The Bertz CT molecular complexity index is 433. The quantitative estimate of drug-likeness (QED) is 0.886. The summed E-state index contributed by atoms with van der Waals surface area (Å²) >= 11 is 0. The average Bonchev–Trinajstić information content (AvgIpc) is 2.73. The summed E-state index contributed by atoms with van der Waals surface area (Å²) in [4.78, 5) is 0. The van der Waals surface area contributed by atoms with Crippen LogP contribution in [0.2, 0.25) is 0 Å². The van der Waals surface area contributed by atoms with E-state index in [0.29, 0.717) is 11.3 Å².